The zero-order valence-electron chi connectivity index (χ0n) is 13.0. The maximum absolute atomic E-state index is 12.5. The molecular formula is C18H15N3O2S. The number of nitrogens with one attached hydrogen (secondary N) is 1. The van der Waals surface area contributed by atoms with Gasteiger partial charge in [0.2, 0.25) is 11.8 Å². The Kier molecular flexibility index (Phi) is 3.61. The third kappa shape index (κ3) is 2.59. The Hall–Kier alpha value is -2.60. The third-order valence-corrected chi connectivity index (χ3v) is 5.12. The first-order valence-electron chi connectivity index (χ1n) is 7.67. The number of para-hydroxylation sites is 2. The molecule has 3 aromatic rings. The van der Waals surface area contributed by atoms with Crippen molar-refractivity contribution >= 4 is 40.3 Å². The predicted octanol–water partition coefficient (Wildman–Crippen LogP) is 3.49. The molecule has 0 spiro atoms. The number of carbonyl (C=O) groups excluding carboxylic acids is 2. The number of anilines is 1. The lowest BCUT2D eigenvalue weighted by Gasteiger charge is -2.21. The van der Waals surface area contributed by atoms with Crippen LogP contribution in [0.3, 0.4) is 0 Å². The van der Waals surface area contributed by atoms with Crippen LogP contribution in [0.2, 0.25) is 0 Å². The number of benzene rings is 2. The highest BCUT2D eigenvalue weighted by atomic mass is 32.2. The zero-order chi connectivity index (χ0) is 16.7. The van der Waals surface area contributed by atoms with E-state index in [0.717, 1.165) is 22.3 Å². The van der Waals surface area contributed by atoms with E-state index in [-0.39, 0.29) is 18.2 Å². The van der Waals surface area contributed by atoms with E-state index >= 15 is 0 Å². The standard InChI is InChI=1S/C18H15N3O2S/c1-11-5-4-6-12(9-11)19-17(23)15-10-16(22)21-14-8-3-2-7-13(14)20-18(21)24-15/h2-9,15H,10H2,1H3,(H,19,23). The lowest BCUT2D eigenvalue weighted by Crippen LogP contribution is -2.33. The molecule has 0 saturated heterocycles. The largest absolute Gasteiger partial charge is 0.325 e. The van der Waals surface area contributed by atoms with Gasteiger partial charge in [-0.05, 0) is 36.8 Å². The van der Waals surface area contributed by atoms with E-state index in [1.54, 1.807) is 4.57 Å². The number of rotatable bonds is 2. The average molecular weight is 337 g/mol. The van der Waals surface area contributed by atoms with Crippen LogP contribution in [-0.2, 0) is 4.79 Å². The number of imidazole rings is 1. The molecule has 1 unspecified atom stereocenters. The van der Waals surface area contributed by atoms with Crippen molar-refractivity contribution in [3.05, 3.63) is 54.1 Å². The second kappa shape index (κ2) is 5.79. The number of hydrogen-bond donors (Lipinski definition) is 1. The minimum atomic E-state index is -0.470. The van der Waals surface area contributed by atoms with Crippen LogP contribution in [-0.4, -0.2) is 26.6 Å². The Labute approximate surface area is 143 Å². The first-order valence-corrected chi connectivity index (χ1v) is 8.54. The minimum Gasteiger partial charge on any atom is -0.325 e. The van der Waals surface area contributed by atoms with Crippen molar-refractivity contribution in [2.24, 2.45) is 0 Å². The predicted molar refractivity (Wildman–Crippen MR) is 94.4 cm³/mol. The van der Waals surface area contributed by atoms with Crippen LogP contribution in [0.4, 0.5) is 5.69 Å². The van der Waals surface area contributed by atoms with Crippen molar-refractivity contribution in [3.63, 3.8) is 0 Å². The van der Waals surface area contributed by atoms with Gasteiger partial charge < -0.3 is 5.32 Å². The maximum atomic E-state index is 12.5. The molecule has 0 fully saturated rings. The van der Waals surface area contributed by atoms with Crippen LogP contribution in [0.5, 0.6) is 0 Å². The van der Waals surface area contributed by atoms with E-state index in [9.17, 15) is 9.59 Å². The molecule has 0 saturated carbocycles. The molecule has 2 aromatic carbocycles. The molecular weight excluding hydrogens is 322 g/mol. The van der Waals surface area contributed by atoms with Gasteiger partial charge in [0.05, 0.1) is 11.0 Å². The van der Waals surface area contributed by atoms with Gasteiger partial charge in [0.1, 0.15) is 5.25 Å². The summed E-state index contributed by atoms with van der Waals surface area (Å²) in [5.74, 6) is -0.265. The van der Waals surface area contributed by atoms with E-state index in [1.165, 1.54) is 11.8 Å². The van der Waals surface area contributed by atoms with E-state index in [2.05, 4.69) is 10.3 Å². The highest BCUT2D eigenvalue weighted by molar-refractivity contribution is 8.00. The van der Waals surface area contributed by atoms with Gasteiger partial charge in [0, 0.05) is 12.1 Å². The van der Waals surface area contributed by atoms with Crippen LogP contribution in [0.25, 0.3) is 11.0 Å². The average Bonchev–Trinajstić information content (AvgIpc) is 2.93. The SMILES string of the molecule is Cc1cccc(NC(=O)C2CC(=O)n3c(nc4ccccc43)S2)c1. The molecule has 2 heterocycles. The normalized spacial score (nSPS) is 16.9. The molecule has 0 radical (unpaired) electrons. The molecule has 1 atom stereocenters. The summed E-state index contributed by atoms with van der Waals surface area (Å²) in [5, 5.41) is 3.00. The van der Waals surface area contributed by atoms with Gasteiger partial charge in [-0.1, -0.05) is 36.0 Å². The minimum absolute atomic E-state index is 0.0955. The first-order chi connectivity index (χ1) is 11.6. The topological polar surface area (TPSA) is 64.0 Å². The van der Waals surface area contributed by atoms with Gasteiger partial charge >= 0.3 is 0 Å². The van der Waals surface area contributed by atoms with E-state index < -0.39 is 5.25 Å². The van der Waals surface area contributed by atoms with Gasteiger partial charge in [-0.2, -0.15) is 0 Å². The molecule has 1 amide bonds. The molecule has 1 aromatic heterocycles. The summed E-state index contributed by atoms with van der Waals surface area (Å²) in [7, 11) is 0. The van der Waals surface area contributed by atoms with Crippen molar-refractivity contribution in [1.29, 1.82) is 0 Å². The van der Waals surface area contributed by atoms with Gasteiger partial charge in [0.15, 0.2) is 5.16 Å². The van der Waals surface area contributed by atoms with Gasteiger partial charge in [-0.25, -0.2) is 4.98 Å². The number of aromatic nitrogens is 2. The van der Waals surface area contributed by atoms with Gasteiger partial charge in [-0.3, -0.25) is 14.2 Å². The summed E-state index contributed by atoms with van der Waals surface area (Å²) in [4.78, 5) is 29.5. The smallest absolute Gasteiger partial charge is 0.238 e. The number of fused-ring (bicyclic) bond motifs is 3. The fraction of sp³-hybridized carbons (Fsp3) is 0.167. The Morgan fingerprint density at radius 2 is 2.08 bits per heavy atom. The van der Waals surface area contributed by atoms with E-state index in [4.69, 9.17) is 0 Å². The van der Waals surface area contributed by atoms with Crippen molar-refractivity contribution in [2.45, 2.75) is 23.8 Å². The number of amides is 1. The molecule has 24 heavy (non-hydrogen) atoms. The van der Waals surface area contributed by atoms with Crippen molar-refractivity contribution in [2.75, 3.05) is 5.32 Å². The summed E-state index contributed by atoms with van der Waals surface area (Å²) in [6.45, 7) is 1.97. The molecule has 120 valence electrons. The monoisotopic (exact) mass is 337 g/mol. The summed E-state index contributed by atoms with van der Waals surface area (Å²) >= 11 is 1.34. The molecule has 1 N–H and O–H groups in total. The molecule has 1 aliphatic rings. The lowest BCUT2D eigenvalue weighted by molar-refractivity contribution is -0.115. The Balaban J connectivity index is 1.60. The van der Waals surface area contributed by atoms with Crippen molar-refractivity contribution < 1.29 is 9.59 Å². The van der Waals surface area contributed by atoms with E-state index in [1.807, 2.05) is 55.5 Å². The molecule has 0 aliphatic carbocycles. The second-order valence-corrected chi connectivity index (χ2v) is 6.95. The highest BCUT2D eigenvalue weighted by Gasteiger charge is 2.33. The quantitative estimate of drug-likeness (QED) is 0.777. The van der Waals surface area contributed by atoms with E-state index in [0.29, 0.717) is 5.16 Å². The number of thioether (sulfide) groups is 1. The van der Waals surface area contributed by atoms with Crippen molar-refractivity contribution in [3.8, 4) is 0 Å². The molecule has 1 aliphatic heterocycles. The number of nitrogens with zero attached hydrogens (tertiary/aromatic N) is 2. The second-order valence-electron chi connectivity index (χ2n) is 5.78. The molecule has 4 rings (SSSR count). The fourth-order valence-electron chi connectivity index (χ4n) is 2.83. The third-order valence-electron chi connectivity index (χ3n) is 3.97. The molecule has 6 heteroatoms. The van der Waals surface area contributed by atoms with Crippen LogP contribution in [0.15, 0.2) is 53.7 Å². The number of carbonyl (C=O) groups is 2. The van der Waals surface area contributed by atoms with Crippen LogP contribution in [0.1, 0.15) is 16.8 Å². The van der Waals surface area contributed by atoms with Crippen LogP contribution < -0.4 is 5.32 Å². The summed E-state index contributed by atoms with van der Waals surface area (Å²) in [5.41, 5.74) is 3.38. The van der Waals surface area contributed by atoms with Gasteiger partial charge in [-0.15, -0.1) is 0 Å². The summed E-state index contributed by atoms with van der Waals surface area (Å²) in [6, 6.07) is 15.1. The zero-order valence-corrected chi connectivity index (χ0v) is 13.8. The Morgan fingerprint density at radius 3 is 2.92 bits per heavy atom. The van der Waals surface area contributed by atoms with Crippen LogP contribution in [0, 0.1) is 6.92 Å². The fourth-order valence-corrected chi connectivity index (χ4v) is 3.94. The van der Waals surface area contributed by atoms with Crippen LogP contribution >= 0.6 is 11.8 Å². The lowest BCUT2D eigenvalue weighted by atomic mass is 10.2. The molecule has 5 nitrogen and oxygen atoms in total. The maximum Gasteiger partial charge on any atom is 0.238 e. The summed E-state index contributed by atoms with van der Waals surface area (Å²) < 4.78 is 1.61. The first kappa shape index (κ1) is 15.0. The number of aryl methyl sites for hydroxylation is 1. The Morgan fingerprint density at radius 1 is 1.25 bits per heavy atom. The van der Waals surface area contributed by atoms with Gasteiger partial charge in [0.25, 0.3) is 0 Å². The Bertz CT molecular complexity index is 964. The molecule has 0 bridgehead atoms. The highest BCUT2D eigenvalue weighted by Crippen LogP contribution is 2.34. The summed E-state index contributed by atoms with van der Waals surface area (Å²) in [6.07, 6.45) is 0.162. The van der Waals surface area contributed by atoms with Crippen molar-refractivity contribution in [1.82, 2.24) is 9.55 Å². The number of hydrogen-bond acceptors (Lipinski definition) is 4.